The normalized spacial score (nSPS) is 14.7. The van der Waals surface area contributed by atoms with Crippen molar-refractivity contribution in [2.24, 2.45) is 15.0 Å². The number of amides is 6. The Morgan fingerprint density at radius 3 is 1.12 bits per heavy atom. The molecule has 0 spiro atoms. The molecule has 3 heterocycles. The van der Waals surface area contributed by atoms with Crippen molar-refractivity contribution in [2.45, 2.75) is 178 Å². The van der Waals surface area contributed by atoms with E-state index < -0.39 is 81.8 Å². The molecule has 0 saturated heterocycles. The fourth-order valence-electron chi connectivity index (χ4n) is 8.01. The largest absolute Gasteiger partial charge is 0.444 e. The molecule has 3 aromatic rings. The summed E-state index contributed by atoms with van der Waals surface area (Å²) in [5.41, 5.74) is -2.76. The summed E-state index contributed by atoms with van der Waals surface area (Å²) in [6.45, 7) is 30.6. The van der Waals surface area contributed by atoms with Crippen molar-refractivity contribution in [3.63, 3.8) is 0 Å². The zero-order chi connectivity index (χ0) is 63.6. The van der Waals surface area contributed by atoms with Gasteiger partial charge in [0, 0.05) is 32.7 Å². The highest BCUT2D eigenvalue weighted by molar-refractivity contribution is 6.02. The molecule has 0 bridgehead atoms. The molecule has 6 amide bonds. The third kappa shape index (κ3) is 22.6. The van der Waals surface area contributed by atoms with E-state index in [9.17, 15) is 28.8 Å². The lowest BCUT2D eigenvalue weighted by Crippen LogP contribution is -2.48. The zero-order valence-electron chi connectivity index (χ0n) is 52.0. The van der Waals surface area contributed by atoms with Crippen LogP contribution in [0.25, 0.3) is 33.9 Å². The van der Waals surface area contributed by atoms with Crippen molar-refractivity contribution in [2.75, 3.05) is 32.7 Å². The van der Waals surface area contributed by atoms with E-state index in [4.69, 9.17) is 28.4 Å². The highest BCUT2D eigenvalue weighted by atomic mass is 19.1. The van der Waals surface area contributed by atoms with Crippen molar-refractivity contribution >= 4 is 65.6 Å². The van der Waals surface area contributed by atoms with Crippen LogP contribution in [0.4, 0.5) is 37.5 Å². The Balaban J connectivity index is 1.51. The van der Waals surface area contributed by atoms with Gasteiger partial charge in [0.2, 0.25) is 17.9 Å². The molecule has 0 atom stereocenters. The second kappa shape index (κ2) is 27.1. The number of aromatic nitrogens is 3. The summed E-state index contributed by atoms with van der Waals surface area (Å²) in [5, 5.41) is 18.8. The molecule has 0 fully saturated rings. The van der Waals surface area contributed by atoms with Gasteiger partial charge in [-0.25, -0.2) is 37.5 Å². The number of benzene rings is 2. The molecule has 2 aliphatic rings. The quantitative estimate of drug-likeness (QED) is 0.0972. The SMILES string of the molecule is CC(C)(C)OC(=O)N=C(NC(=O)OC(C)(C)C)N1CC=C(c2ccc(-c3nnc(-c4ccc(C5=CCN(C(=NC(=O)OC(C)(C)C)NC(=O)OC(C)(C)C)CC5)cc4F)n3CCN=C(NC(=O)OC(C)(C)C)NC(=O)OC(C)(C)C)c(F)c2)CC1. The van der Waals surface area contributed by atoms with Crippen LogP contribution in [0.3, 0.4) is 0 Å². The maximum absolute atomic E-state index is 16.8. The molecular weight excluding hydrogens is 1110 g/mol. The van der Waals surface area contributed by atoms with Crippen LogP contribution in [0.5, 0.6) is 0 Å². The fraction of sp³-hybridized carbons (Fsp3) is 0.542. The standard InChI is InChI=1S/C59H82F2N12O12/c1-54(2,3)80-48(74)63-45(64-49(75)81-55(4,5)6)62-27-32-73-43(39-21-19-37(33-41(39)60)35-23-28-71(29-24-35)46(65-50(76)82-56(7,8)9)66-51(77)83-57(10,11)12)69-70-44(73)40-22-20-38(34-42(40)61)36-25-30-72(31-26-36)47(67-52(78)84-58(13,14)15)68-53(79)85-59(16,17)18/h19-23,25,33-34H,24,26-32H2,1-18H3,(H,65,66,76,77)(H,67,68,78,79)(H2,62,63,64,74,75). The van der Waals surface area contributed by atoms with Crippen LogP contribution in [0.2, 0.25) is 0 Å². The van der Waals surface area contributed by atoms with Crippen LogP contribution in [0.1, 0.15) is 149 Å². The maximum Gasteiger partial charge on any atom is 0.437 e. The van der Waals surface area contributed by atoms with E-state index in [0.29, 0.717) is 24.0 Å². The second-order valence-corrected chi connectivity index (χ2v) is 25.8. The predicted molar refractivity (Wildman–Crippen MR) is 316 cm³/mol. The van der Waals surface area contributed by atoms with Gasteiger partial charge in [0.1, 0.15) is 45.2 Å². The number of carbonyl (C=O) groups excluding carboxylic acids is 6. The summed E-state index contributed by atoms with van der Waals surface area (Å²) >= 11 is 0. The van der Waals surface area contributed by atoms with Crippen molar-refractivity contribution in [3.8, 4) is 22.8 Å². The third-order valence-corrected chi connectivity index (χ3v) is 11.2. The lowest BCUT2D eigenvalue weighted by atomic mass is 9.97. The number of alkyl carbamates (subject to hydrolysis) is 4. The highest BCUT2D eigenvalue weighted by Crippen LogP contribution is 2.33. The van der Waals surface area contributed by atoms with Crippen LogP contribution in [0.15, 0.2) is 63.5 Å². The summed E-state index contributed by atoms with van der Waals surface area (Å²) in [6.07, 6.45) is -1.11. The minimum atomic E-state index is -0.933. The summed E-state index contributed by atoms with van der Waals surface area (Å²) < 4.78 is 67.4. The van der Waals surface area contributed by atoms with Crippen molar-refractivity contribution in [3.05, 3.63) is 71.3 Å². The minimum absolute atomic E-state index is 0.0125. The van der Waals surface area contributed by atoms with E-state index in [1.165, 1.54) is 28.8 Å². The van der Waals surface area contributed by atoms with Gasteiger partial charge in [-0.2, -0.15) is 0 Å². The van der Waals surface area contributed by atoms with Crippen molar-refractivity contribution in [1.29, 1.82) is 0 Å². The average Bonchev–Trinajstić information content (AvgIpc) is 2.08. The van der Waals surface area contributed by atoms with Crippen LogP contribution in [-0.2, 0) is 35.0 Å². The number of nitrogens with one attached hydrogen (secondary N) is 4. The number of aliphatic imine (C=N–C) groups is 3. The van der Waals surface area contributed by atoms with Crippen LogP contribution in [0, 0.1) is 11.6 Å². The number of halogens is 2. The maximum atomic E-state index is 16.8. The topological polar surface area (TPSA) is 280 Å². The average molecular weight is 1190 g/mol. The molecule has 464 valence electrons. The monoisotopic (exact) mass is 1190 g/mol. The molecular formula is C59H82F2N12O12. The van der Waals surface area contributed by atoms with E-state index >= 15 is 8.78 Å². The summed E-state index contributed by atoms with van der Waals surface area (Å²) in [7, 11) is 0. The summed E-state index contributed by atoms with van der Waals surface area (Å²) in [5.74, 6) is -1.97. The third-order valence-electron chi connectivity index (χ3n) is 11.2. The molecule has 2 aromatic carbocycles. The lowest BCUT2D eigenvalue weighted by molar-refractivity contribution is 0.0526. The summed E-state index contributed by atoms with van der Waals surface area (Å²) in [4.78, 5) is 93.1. The molecule has 0 unspecified atom stereocenters. The van der Waals surface area contributed by atoms with E-state index in [-0.39, 0.29) is 79.9 Å². The van der Waals surface area contributed by atoms with Gasteiger partial charge in [-0.05, 0) is 184 Å². The number of hydrogen-bond acceptors (Lipinski definition) is 15. The molecule has 26 heteroatoms. The van der Waals surface area contributed by atoms with Crippen molar-refractivity contribution < 1.29 is 66.0 Å². The zero-order valence-corrected chi connectivity index (χ0v) is 52.0. The Labute approximate surface area is 495 Å². The van der Waals surface area contributed by atoms with Gasteiger partial charge in [-0.15, -0.1) is 20.2 Å². The fourth-order valence-corrected chi connectivity index (χ4v) is 8.01. The van der Waals surface area contributed by atoms with Gasteiger partial charge in [0.15, 0.2) is 11.6 Å². The highest BCUT2D eigenvalue weighted by Gasteiger charge is 2.30. The Morgan fingerprint density at radius 1 is 0.494 bits per heavy atom. The van der Waals surface area contributed by atoms with Gasteiger partial charge in [-0.3, -0.25) is 26.3 Å². The Bertz CT molecular complexity index is 2940. The van der Waals surface area contributed by atoms with E-state index in [1.54, 1.807) is 159 Å². The van der Waals surface area contributed by atoms with Gasteiger partial charge in [0.05, 0.1) is 17.7 Å². The predicted octanol–water partition coefficient (Wildman–Crippen LogP) is 11.1. The first-order chi connectivity index (χ1) is 39.1. The number of hydrogen-bond donors (Lipinski definition) is 4. The first-order valence-electron chi connectivity index (χ1n) is 27.7. The van der Waals surface area contributed by atoms with Crippen LogP contribution in [-0.4, -0.2) is 145 Å². The smallest absolute Gasteiger partial charge is 0.437 e. The van der Waals surface area contributed by atoms with Gasteiger partial charge in [0.25, 0.3) is 0 Å². The number of nitrogens with zero attached hydrogens (tertiary/aromatic N) is 8. The number of carbonyl (C=O) groups is 6. The molecule has 4 N–H and O–H groups in total. The molecule has 85 heavy (non-hydrogen) atoms. The van der Waals surface area contributed by atoms with Gasteiger partial charge in [-0.1, -0.05) is 24.3 Å². The first kappa shape index (κ1) is 67.3. The lowest BCUT2D eigenvalue weighted by Gasteiger charge is -2.30. The molecule has 2 aliphatic heterocycles. The van der Waals surface area contributed by atoms with Gasteiger partial charge < -0.3 is 42.8 Å². The van der Waals surface area contributed by atoms with E-state index in [0.717, 1.165) is 11.1 Å². The summed E-state index contributed by atoms with van der Waals surface area (Å²) in [6, 6.07) is 9.04. The Hall–Kier alpha value is -8.45. The molecule has 0 aliphatic carbocycles. The number of guanidine groups is 3. The van der Waals surface area contributed by atoms with Crippen LogP contribution < -0.4 is 21.3 Å². The number of rotatable bonds is 7. The van der Waals surface area contributed by atoms with Gasteiger partial charge >= 0.3 is 36.6 Å². The molecule has 0 saturated carbocycles. The van der Waals surface area contributed by atoms with Crippen LogP contribution >= 0.6 is 0 Å². The first-order valence-corrected chi connectivity index (χ1v) is 27.7. The minimum Gasteiger partial charge on any atom is -0.444 e. The van der Waals surface area contributed by atoms with Crippen molar-refractivity contribution in [1.82, 2.24) is 45.8 Å². The van der Waals surface area contributed by atoms with E-state index in [2.05, 4.69) is 46.4 Å². The second-order valence-electron chi connectivity index (χ2n) is 25.8. The number of ether oxygens (including phenoxy) is 6. The van der Waals surface area contributed by atoms with E-state index in [1.807, 2.05) is 0 Å². The molecule has 0 radical (unpaired) electrons. The Kier molecular flexibility index (Phi) is 21.4. The molecule has 5 rings (SSSR count). The molecule has 1 aromatic heterocycles. The molecule has 24 nitrogen and oxygen atoms in total. The Morgan fingerprint density at radius 2 is 0.824 bits per heavy atom.